The molecule has 2 atom stereocenters. The van der Waals surface area contributed by atoms with Gasteiger partial charge in [0, 0.05) is 26.2 Å². The minimum atomic E-state index is -0.465. The molecule has 1 aromatic carbocycles. The third-order valence-electron chi connectivity index (χ3n) is 3.83. The summed E-state index contributed by atoms with van der Waals surface area (Å²) in [5.41, 5.74) is 1.26. The third kappa shape index (κ3) is 6.44. The van der Waals surface area contributed by atoms with E-state index in [-0.39, 0.29) is 6.10 Å². The SMILES string of the molecule is CC(C)OC[C@H](O)CN(Cc1ccccc1)C[C@H]1CCCO1. The Morgan fingerprint density at radius 3 is 2.73 bits per heavy atom. The van der Waals surface area contributed by atoms with Crippen molar-refractivity contribution in [1.82, 2.24) is 4.90 Å². The highest BCUT2D eigenvalue weighted by molar-refractivity contribution is 5.14. The van der Waals surface area contributed by atoms with Gasteiger partial charge in [-0.25, -0.2) is 0 Å². The Kier molecular flexibility index (Phi) is 7.33. The van der Waals surface area contributed by atoms with E-state index in [1.54, 1.807) is 0 Å². The summed E-state index contributed by atoms with van der Waals surface area (Å²) in [5.74, 6) is 0. The van der Waals surface area contributed by atoms with Gasteiger partial charge < -0.3 is 14.6 Å². The quantitative estimate of drug-likeness (QED) is 0.761. The Balaban J connectivity index is 1.88. The van der Waals surface area contributed by atoms with Gasteiger partial charge in [0.05, 0.1) is 24.9 Å². The molecule has 0 bridgehead atoms. The third-order valence-corrected chi connectivity index (χ3v) is 3.83. The van der Waals surface area contributed by atoms with Crippen molar-refractivity contribution in [2.24, 2.45) is 0 Å². The van der Waals surface area contributed by atoms with Gasteiger partial charge in [-0.2, -0.15) is 0 Å². The zero-order valence-corrected chi connectivity index (χ0v) is 13.8. The van der Waals surface area contributed by atoms with Crippen LogP contribution < -0.4 is 0 Å². The van der Waals surface area contributed by atoms with E-state index in [1.165, 1.54) is 5.56 Å². The molecule has 0 spiro atoms. The predicted octanol–water partition coefficient (Wildman–Crippen LogP) is 2.45. The molecule has 1 aromatic rings. The van der Waals surface area contributed by atoms with Gasteiger partial charge in [-0.1, -0.05) is 30.3 Å². The first-order chi connectivity index (χ1) is 10.6. The van der Waals surface area contributed by atoms with Crippen LogP contribution in [0.4, 0.5) is 0 Å². The van der Waals surface area contributed by atoms with Crippen molar-refractivity contribution in [3.05, 3.63) is 35.9 Å². The molecule has 4 nitrogen and oxygen atoms in total. The molecular weight excluding hydrogens is 278 g/mol. The molecule has 1 aliphatic rings. The lowest BCUT2D eigenvalue weighted by Gasteiger charge is -2.27. The zero-order valence-electron chi connectivity index (χ0n) is 13.8. The Labute approximate surface area is 134 Å². The zero-order chi connectivity index (χ0) is 15.8. The van der Waals surface area contributed by atoms with E-state index in [0.717, 1.165) is 32.5 Å². The molecule has 0 radical (unpaired) electrons. The first kappa shape index (κ1) is 17.4. The summed E-state index contributed by atoms with van der Waals surface area (Å²) in [5, 5.41) is 10.2. The topological polar surface area (TPSA) is 41.9 Å². The maximum absolute atomic E-state index is 10.2. The highest BCUT2D eigenvalue weighted by atomic mass is 16.5. The van der Waals surface area contributed by atoms with E-state index in [0.29, 0.717) is 19.3 Å². The molecule has 1 heterocycles. The van der Waals surface area contributed by atoms with Gasteiger partial charge in [-0.05, 0) is 32.3 Å². The highest BCUT2D eigenvalue weighted by Crippen LogP contribution is 2.15. The molecule has 2 rings (SSSR count). The van der Waals surface area contributed by atoms with Crippen LogP contribution in [0.15, 0.2) is 30.3 Å². The summed E-state index contributed by atoms with van der Waals surface area (Å²) in [6.45, 7) is 7.54. The van der Waals surface area contributed by atoms with E-state index in [4.69, 9.17) is 9.47 Å². The van der Waals surface area contributed by atoms with Crippen molar-refractivity contribution in [1.29, 1.82) is 0 Å². The summed E-state index contributed by atoms with van der Waals surface area (Å²) in [6.07, 6.45) is 2.23. The van der Waals surface area contributed by atoms with Gasteiger partial charge in [-0.15, -0.1) is 0 Å². The number of aliphatic hydroxyl groups excluding tert-OH is 1. The molecule has 1 aliphatic heterocycles. The van der Waals surface area contributed by atoms with E-state index < -0.39 is 6.10 Å². The first-order valence-corrected chi connectivity index (χ1v) is 8.31. The van der Waals surface area contributed by atoms with Crippen molar-refractivity contribution in [3.8, 4) is 0 Å². The molecule has 0 saturated carbocycles. The molecule has 0 aliphatic carbocycles. The van der Waals surface area contributed by atoms with Crippen LogP contribution >= 0.6 is 0 Å². The van der Waals surface area contributed by atoms with Crippen molar-refractivity contribution in [3.63, 3.8) is 0 Å². The van der Waals surface area contributed by atoms with Crippen molar-refractivity contribution < 1.29 is 14.6 Å². The van der Waals surface area contributed by atoms with Crippen LogP contribution in [0.5, 0.6) is 0 Å². The second kappa shape index (κ2) is 9.26. The molecule has 4 heteroatoms. The molecule has 22 heavy (non-hydrogen) atoms. The first-order valence-electron chi connectivity index (χ1n) is 8.31. The summed E-state index contributed by atoms with van der Waals surface area (Å²) < 4.78 is 11.3. The monoisotopic (exact) mass is 307 g/mol. The number of hydrogen-bond donors (Lipinski definition) is 1. The molecule has 124 valence electrons. The van der Waals surface area contributed by atoms with Gasteiger partial charge >= 0.3 is 0 Å². The second-order valence-corrected chi connectivity index (χ2v) is 6.35. The van der Waals surface area contributed by atoms with Crippen molar-refractivity contribution in [2.75, 3.05) is 26.3 Å². The lowest BCUT2D eigenvalue weighted by Crippen LogP contribution is -2.39. The fourth-order valence-electron chi connectivity index (χ4n) is 2.78. The number of aliphatic hydroxyl groups is 1. The smallest absolute Gasteiger partial charge is 0.0900 e. The largest absolute Gasteiger partial charge is 0.389 e. The van der Waals surface area contributed by atoms with Crippen LogP contribution in [0.2, 0.25) is 0 Å². The normalized spacial score (nSPS) is 20.0. The lowest BCUT2D eigenvalue weighted by atomic mass is 10.1. The van der Waals surface area contributed by atoms with Crippen molar-refractivity contribution >= 4 is 0 Å². The number of nitrogens with zero attached hydrogens (tertiary/aromatic N) is 1. The average Bonchev–Trinajstić information content (AvgIpc) is 2.99. The lowest BCUT2D eigenvalue weighted by molar-refractivity contribution is -0.0172. The number of benzene rings is 1. The fourth-order valence-corrected chi connectivity index (χ4v) is 2.78. The summed E-state index contributed by atoms with van der Waals surface area (Å²) in [6, 6.07) is 10.4. The molecule has 0 amide bonds. The predicted molar refractivity (Wildman–Crippen MR) is 87.8 cm³/mol. The molecule has 0 unspecified atom stereocenters. The second-order valence-electron chi connectivity index (χ2n) is 6.35. The molecular formula is C18H29NO3. The molecule has 1 saturated heterocycles. The van der Waals surface area contributed by atoms with Gasteiger partial charge in [0.25, 0.3) is 0 Å². The van der Waals surface area contributed by atoms with Gasteiger partial charge in [0.1, 0.15) is 0 Å². The van der Waals surface area contributed by atoms with Crippen molar-refractivity contribution in [2.45, 2.75) is 51.5 Å². The van der Waals surface area contributed by atoms with Crippen LogP contribution in [-0.4, -0.2) is 54.6 Å². The summed E-state index contributed by atoms with van der Waals surface area (Å²) in [7, 11) is 0. The Bertz CT molecular complexity index is 404. The Hall–Kier alpha value is -0.940. The Morgan fingerprint density at radius 1 is 1.32 bits per heavy atom. The molecule has 0 aromatic heterocycles. The number of rotatable bonds is 9. The van der Waals surface area contributed by atoms with Gasteiger partial charge in [-0.3, -0.25) is 4.90 Å². The fraction of sp³-hybridized carbons (Fsp3) is 0.667. The average molecular weight is 307 g/mol. The maximum Gasteiger partial charge on any atom is 0.0900 e. The standard InChI is InChI=1S/C18H29NO3/c1-15(2)22-14-17(20)12-19(13-18-9-6-10-21-18)11-16-7-4-3-5-8-16/h3-5,7-8,15,17-18,20H,6,9-14H2,1-2H3/t17-,18-/m1/s1. The highest BCUT2D eigenvalue weighted by Gasteiger charge is 2.21. The van der Waals surface area contributed by atoms with Gasteiger partial charge in [0.15, 0.2) is 0 Å². The number of hydrogen-bond acceptors (Lipinski definition) is 4. The van der Waals surface area contributed by atoms with Crippen LogP contribution in [0, 0.1) is 0 Å². The van der Waals surface area contributed by atoms with E-state index in [9.17, 15) is 5.11 Å². The molecule has 1 N–H and O–H groups in total. The van der Waals surface area contributed by atoms with Crippen LogP contribution in [0.25, 0.3) is 0 Å². The minimum Gasteiger partial charge on any atom is -0.389 e. The molecule has 1 fully saturated rings. The summed E-state index contributed by atoms with van der Waals surface area (Å²) in [4.78, 5) is 2.28. The van der Waals surface area contributed by atoms with Crippen LogP contribution in [0.1, 0.15) is 32.3 Å². The van der Waals surface area contributed by atoms with Gasteiger partial charge in [0.2, 0.25) is 0 Å². The van der Waals surface area contributed by atoms with Crippen LogP contribution in [0.3, 0.4) is 0 Å². The van der Waals surface area contributed by atoms with E-state index >= 15 is 0 Å². The summed E-state index contributed by atoms with van der Waals surface area (Å²) >= 11 is 0. The van der Waals surface area contributed by atoms with Crippen LogP contribution in [-0.2, 0) is 16.0 Å². The van der Waals surface area contributed by atoms with E-state index in [2.05, 4.69) is 29.2 Å². The minimum absolute atomic E-state index is 0.149. The Morgan fingerprint density at radius 2 is 2.09 bits per heavy atom. The number of ether oxygens (including phenoxy) is 2. The van der Waals surface area contributed by atoms with E-state index in [1.807, 2.05) is 19.9 Å². The maximum atomic E-state index is 10.2.